The Morgan fingerprint density at radius 2 is 1.76 bits per heavy atom. The minimum Gasteiger partial charge on any atom is -0.479 e. The Balaban J connectivity index is 1.98. The third-order valence-electron chi connectivity index (χ3n) is 3.82. The largest absolute Gasteiger partial charge is 0.479 e. The first-order valence-electron chi connectivity index (χ1n) is 8.04. The van der Waals surface area contributed by atoms with E-state index >= 15 is 0 Å². The number of rotatable bonds is 4. The van der Waals surface area contributed by atoms with Gasteiger partial charge in [-0.15, -0.1) is 6.42 Å². The second-order valence-corrected chi connectivity index (χ2v) is 7.45. The summed E-state index contributed by atoms with van der Waals surface area (Å²) in [6.45, 7) is 0.0628. The molecule has 0 atom stereocenters. The third kappa shape index (κ3) is 4.39. The Kier molecular flexibility index (Phi) is 6.15. The number of nitrogens with zero attached hydrogens (tertiary/aromatic N) is 1. The van der Waals surface area contributed by atoms with Crippen LogP contribution in [0.2, 0.25) is 0 Å². The average molecular weight is 522 g/mol. The molecule has 3 rings (SSSR count). The molecule has 6 nitrogen and oxygen atoms in total. The molecule has 1 aliphatic rings. The number of amides is 4. The highest BCUT2D eigenvalue weighted by Gasteiger charge is 2.36. The summed E-state index contributed by atoms with van der Waals surface area (Å²) < 4.78 is 19.7. The molecule has 4 amide bonds. The van der Waals surface area contributed by atoms with Crippen LogP contribution in [-0.4, -0.2) is 24.5 Å². The lowest BCUT2D eigenvalue weighted by Gasteiger charge is -2.26. The molecule has 29 heavy (non-hydrogen) atoms. The third-order valence-corrected chi connectivity index (χ3v) is 5.00. The topological polar surface area (TPSA) is 75.7 Å². The van der Waals surface area contributed by atoms with Gasteiger partial charge >= 0.3 is 6.03 Å². The van der Waals surface area contributed by atoms with E-state index in [2.05, 4.69) is 43.1 Å². The van der Waals surface area contributed by atoms with Crippen LogP contribution in [0, 0.1) is 18.2 Å². The summed E-state index contributed by atoms with van der Waals surface area (Å²) in [4.78, 5) is 38.0. The number of terminal acetylenes is 1. The number of hydrogen-bond acceptors (Lipinski definition) is 4. The van der Waals surface area contributed by atoms with E-state index in [1.54, 1.807) is 12.1 Å². The molecule has 0 saturated carbocycles. The SMILES string of the molecule is C#CCOc1c(Br)cc(/C=C2\C(=O)NC(=O)N(c3ccc(F)cc3)C2=O)cc1Br. The second kappa shape index (κ2) is 8.59. The fourth-order valence-corrected chi connectivity index (χ4v) is 4.01. The lowest BCUT2D eigenvalue weighted by Crippen LogP contribution is -2.54. The van der Waals surface area contributed by atoms with Crippen LogP contribution in [0.25, 0.3) is 6.08 Å². The van der Waals surface area contributed by atoms with Crippen molar-refractivity contribution >= 4 is 61.5 Å². The number of hydrogen-bond donors (Lipinski definition) is 1. The zero-order valence-electron chi connectivity index (χ0n) is 14.5. The second-order valence-electron chi connectivity index (χ2n) is 5.74. The van der Waals surface area contributed by atoms with Crippen LogP contribution in [0.3, 0.4) is 0 Å². The smallest absolute Gasteiger partial charge is 0.335 e. The summed E-state index contributed by atoms with van der Waals surface area (Å²) in [5, 5.41) is 2.11. The van der Waals surface area contributed by atoms with Crippen molar-refractivity contribution in [2.75, 3.05) is 11.5 Å². The first kappa shape index (κ1) is 20.8. The first-order valence-corrected chi connectivity index (χ1v) is 9.62. The normalized spacial score (nSPS) is 15.3. The van der Waals surface area contributed by atoms with E-state index < -0.39 is 23.7 Å². The molecule has 1 aliphatic heterocycles. The molecule has 0 aromatic heterocycles. The van der Waals surface area contributed by atoms with Crippen molar-refractivity contribution in [1.82, 2.24) is 5.32 Å². The Bertz CT molecular complexity index is 1070. The number of barbiturate groups is 1. The maximum Gasteiger partial charge on any atom is 0.335 e. The molecule has 0 bridgehead atoms. The maximum absolute atomic E-state index is 13.2. The summed E-state index contributed by atoms with van der Waals surface area (Å²) in [6.07, 6.45) is 6.53. The Morgan fingerprint density at radius 3 is 2.34 bits per heavy atom. The molecule has 2 aromatic rings. The highest BCUT2D eigenvalue weighted by molar-refractivity contribution is 9.11. The Hall–Kier alpha value is -2.96. The van der Waals surface area contributed by atoms with E-state index in [9.17, 15) is 18.8 Å². The van der Waals surface area contributed by atoms with Crippen LogP contribution in [0.15, 0.2) is 50.9 Å². The minimum atomic E-state index is -0.913. The van der Waals surface area contributed by atoms with E-state index in [1.165, 1.54) is 18.2 Å². The van der Waals surface area contributed by atoms with Crippen molar-refractivity contribution in [3.63, 3.8) is 0 Å². The van der Waals surface area contributed by atoms with E-state index in [0.717, 1.165) is 17.0 Å². The number of benzene rings is 2. The Labute approximate surface area is 182 Å². The van der Waals surface area contributed by atoms with Gasteiger partial charge < -0.3 is 4.74 Å². The van der Waals surface area contributed by atoms with Crippen molar-refractivity contribution in [3.05, 3.63) is 62.3 Å². The molecule has 0 unspecified atom stereocenters. The molecule has 1 N–H and O–H groups in total. The van der Waals surface area contributed by atoms with Crippen LogP contribution in [-0.2, 0) is 9.59 Å². The number of anilines is 1. The van der Waals surface area contributed by atoms with Gasteiger partial charge in [-0.1, -0.05) is 5.92 Å². The van der Waals surface area contributed by atoms with Crippen LogP contribution >= 0.6 is 31.9 Å². The van der Waals surface area contributed by atoms with Gasteiger partial charge in [0.2, 0.25) is 0 Å². The number of urea groups is 1. The molecule has 0 spiro atoms. The highest BCUT2D eigenvalue weighted by Crippen LogP contribution is 2.35. The lowest BCUT2D eigenvalue weighted by molar-refractivity contribution is -0.122. The number of carbonyl (C=O) groups excluding carboxylic acids is 3. The summed E-state index contributed by atoms with van der Waals surface area (Å²) in [7, 11) is 0. The maximum atomic E-state index is 13.2. The summed E-state index contributed by atoms with van der Waals surface area (Å²) in [5.74, 6) is 0.637. The van der Waals surface area contributed by atoms with E-state index in [1.807, 2.05) is 0 Å². The van der Waals surface area contributed by atoms with Gasteiger partial charge in [0.1, 0.15) is 23.7 Å². The molecule has 1 heterocycles. The molecule has 1 saturated heterocycles. The molecule has 0 aliphatic carbocycles. The van der Waals surface area contributed by atoms with Gasteiger partial charge in [0, 0.05) is 0 Å². The molecule has 146 valence electrons. The highest BCUT2D eigenvalue weighted by atomic mass is 79.9. The van der Waals surface area contributed by atoms with E-state index in [0.29, 0.717) is 20.3 Å². The van der Waals surface area contributed by atoms with Gasteiger partial charge in [-0.2, -0.15) is 0 Å². The first-order chi connectivity index (χ1) is 13.8. The Morgan fingerprint density at radius 1 is 1.14 bits per heavy atom. The predicted octanol–water partition coefficient (Wildman–Crippen LogP) is 4.03. The zero-order chi connectivity index (χ0) is 21.1. The van der Waals surface area contributed by atoms with Crippen LogP contribution in [0.5, 0.6) is 5.75 Å². The van der Waals surface area contributed by atoms with Crippen LogP contribution in [0.1, 0.15) is 5.56 Å². The molecule has 2 aromatic carbocycles. The summed E-state index contributed by atoms with van der Waals surface area (Å²) in [6, 6.07) is 7.10. The number of nitrogens with one attached hydrogen (secondary N) is 1. The van der Waals surface area contributed by atoms with Crippen molar-refractivity contribution in [2.24, 2.45) is 0 Å². The lowest BCUT2D eigenvalue weighted by atomic mass is 10.1. The number of carbonyl (C=O) groups is 3. The molecule has 9 heteroatoms. The predicted molar refractivity (Wildman–Crippen MR) is 112 cm³/mol. The van der Waals surface area contributed by atoms with Gasteiger partial charge in [-0.25, -0.2) is 14.1 Å². The van der Waals surface area contributed by atoms with Gasteiger partial charge in [0.25, 0.3) is 11.8 Å². The van der Waals surface area contributed by atoms with Crippen molar-refractivity contribution < 1.29 is 23.5 Å². The molecular formula is C20H11Br2FN2O4. The monoisotopic (exact) mass is 520 g/mol. The molecule has 1 fully saturated rings. The fraction of sp³-hybridized carbons (Fsp3) is 0.0500. The quantitative estimate of drug-likeness (QED) is 0.374. The minimum absolute atomic E-state index is 0.0628. The van der Waals surface area contributed by atoms with Crippen LogP contribution in [0.4, 0.5) is 14.9 Å². The van der Waals surface area contributed by atoms with Crippen molar-refractivity contribution in [3.8, 4) is 18.1 Å². The average Bonchev–Trinajstić information content (AvgIpc) is 2.66. The van der Waals surface area contributed by atoms with Crippen molar-refractivity contribution in [1.29, 1.82) is 0 Å². The summed E-state index contributed by atoms with van der Waals surface area (Å²) in [5.41, 5.74) is 0.362. The standard InChI is InChI=1S/C20H11Br2FN2O4/c1-2-7-29-17-15(21)9-11(10-16(17)22)8-14-18(26)24-20(28)25(19(14)27)13-5-3-12(23)4-6-13/h1,3-6,8-10H,7H2,(H,24,26,28)/b14-8+. The zero-order valence-corrected chi connectivity index (χ0v) is 17.7. The van der Waals surface area contributed by atoms with Gasteiger partial charge in [-0.3, -0.25) is 14.9 Å². The number of halogens is 3. The number of ether oxygens (including phenoxy) is 1. The van der Waals surface area contributed by atoms with Gasteiger partial charge in [0.05, 0.1) is 14.6 Å². The van der Waals surface area contributed by atoms with E-state index in [4.69, 9.17) is 11.2 Å². The van der Waals surface area contributed by atoms with Gasteiger partial charge in [0.15, 0.2) is 0 Å². The molecule has 0 radical (unpaired) electrons. The summed E-state index contributed by atoms with van der Waals surface area (Å²) >= 11 is 6.70. The van der Waals surface area contributed by atoms with Crippen molar-refractivity contribution in [2.45, 2.75) is 0 Å². The van der Waals surface area contributed by atoms with Gasteiger partial charge in [-0.05, 0) is 79.9 Å². The number of imide groups is 2. The molecular weight excluding hydrogens is 511 g/mol. The fourth-order valence-electron chi connectivity index (χ4n) is 2.56. The van der Waals surface area contributed by atoms with Crippen LogP contribution < -0.4 is 15.0 Å². The van der Waals surface area contributed by atoms with E-state index in [-0.39, 0.29) is 17.9 Å².